The lowest BCUT2D eigenvalue weighted by molar-refractivity contribution is 1.18. The first-order chi connectivity index (χ1) is 30.2. The molecular weight excluding hydrogens is 737 g/mol. The smallest absolute Gasteiger partial charge is 0.0547 e. The van der Waals surface area contributed by atoms with Gasteiger partial charge in [-0.15, -0.1) is 13.2 Å². The Hall–Kier alpha value is -7.94. The van der Waals surface area contributed by atoms with Crippen LogP contribution in [0.4, 0.5) is 0 Å². The van der Waals surface area contributed by atoms with Gasteiger partial charge in [0.1, 0.15) is 0 Å². The Morgan fingerprint density at radius 2 is 0.852 bits per heavy atom. The Kier molecular flexibility index (Phi) is 8.72. The quantitative estimate of drug-likeness (QED) is 0.149. The minimum atomic E-state index is 0.845. The number of hydrogen-bond acceptors (Lipinski definition) is 0. The Bertz CT molecular complexity index is 3490. The molecule has 0 N–H and O–H groups in total. The van der Waals surface area contributed by atoms with Crippen molar-refractivity contribution >= 4 is 49.2 Å². The molecular formula is C59H42N2. The Morgan fingerprint density at radius 1 is 0.344 bits per heavy atom. The van der Waals surface area contributed by atoms with Crippen LogP contribution in [0, 0.1) is 0 Å². The molecule has 0 bridgehead atoms. The zero-order valence-electron chi connectivity index (χ0n) is 33.9. The van der Waals surface area contributed by atoms with Crippen molar-refractivity contribution in [1.29, 1.82) is 0 Å². The van der Waals surface area contributed by atoms with Gasteiger partial charge in [-0.3, -0.25) is 0 Å². The highest BCUT2D eigenvalue weighted by Gasteiger charge is 2.24. The summed E-state index contributed by atoms with van der Waals surface area (Å²) in [5.41, 5.74) is 20.8. The van der Waals surface area contributed by atoms with Gasteiger partial charge >= 0.3 is 0 Å². The van der Waals surface area contributed by atoms with Crippen molar-refractivity contribution in [2.24, 2.45) is 0 Å². The molecule has 0 saturated carbocycles. The van der Waals surface area contributed by atoms with Crippen LogP contribution >= 0.6 is 0 Å². The van der Waals surface area contributed by atoms with Crippen molar-refractivity contribution in [2.45, 2.75) is 6.42 Å². The number of para-hydroxylation sites is 3. The molecule has 12 rings (SSSR count). The zero-order valence-corrected chi connectivity index (χ0v) is 33.9. The molecule has 0 radical (unpaired) electrons. The van der Waals surface area contributed by atoms with E-state index in [2.05, 4.69) is 235 Å². The molecule has 1 aliphatic carbocycles. The number of nitrogens with zero attached hydrogens (tertiary/aromatic N) is 2. The summed E-state index contributed by atoms with van der Waals surface area (Å²) in [6.45, 7) is 10.5. The van der Waals surface area contributed by atoms with Crippen molar-refractivity contribution < 1.29 is 0 Å². The molecule has 0 atom stereocenters. The second kappa shape index (κ2) is 14.7. The van der Waals surface area contributed by atoms with Gasteiger partial charge in [-0.2, -0.15) is 0 Å². The molecule has 0 spiro atoms. The summed E-state index contributed by atoms with van der Waals surface area (Å²) >= 11 is 0. The van der Waals surface area contributed by atoms with Crippen LogP contribution in [0.25, 0.3) is 93.9 Å². The van der Waals surface area contributed by atoms with Crippen molar-refractivity contribution in [3.05, 3.63) is 248 Å². The Balaban J connectivity index is 0.00000207. The first-order valence-electron chi connectivity index (χ1n) is 20.9. The van der Waals surface area contributed by atoms with Crippen LogP contribution in [-0.4, -0.2) is 9.13 Å². The standard InChI is InChI=1S/C57H38N2.C2H4/c1-37-46-21-8-9-22-47(46)50-24-13-16-43(57(37)50)33-38-14-12-15-39(32-38)42-26-29-49-52-35-41(28-31-55(52)59(56(49)36-42)45-19-6-3-7-20-45)40-27-30-54-51(34-40)48-23-10-11-25-53(48)58(54)44-17-4-2-5-18-44;1-2/h2-32,34-36H,1,33H2;1-2H2. The molecule has 9 aromatic carbocycles. The minimum Gasteiger partial charge on any atom is -0.309 e. The van der Waals surface area contributed by atoms with E-state index in [1.54, 1.807) is 0 Å². The van der Waals surface area contributed by atoms with Gasteiger partial charge in [0.15, 0.2) is 0 Å². The van der Waals surface area contributed by atoms with Crippen LogP contribution in [0.3, 0.4) is 0 Å². The van der Waals surface area contributed by atoms with E-state index in [1.165, 1.54) is 105 Å². The predicted octanol–water partition coefficient (Wildman–Crippen LogP) is 15.6. The van der Waals surface area contributed by atoms with Gasteiger partial charge in [-0.05, 0) is 128 Å². The van der Waals surface area contributed by atoms with Crippen molar-refractivity contribution in [3.8, 4) is 44.8 Å². The SMILES string of the molecule is C=C.C=C1c2ccccc2-c2cccc(Cc3cccc(-c4ccc5c6cc(-c7ccc8c(c7)c7ccccc7n8-c7ccccc7)ccc6n(-c6ccccc6)c5c4)c3)c21. The van der Waals surface area contributed by atoms with Gasteiger partial charge in [-0.1, -0.05) is 152 Å². The molecule has 2 heteroatoms. The molecule has 0 unspecified atom stereocenters. The largest absolute Gasteiger partial charge is 0.309 e. The molecule has 0 fully saturated rings. The van der Waals surface area contributed by atoms with Crippen LogP contribution in [0.15, 0.2) is 226 Å². The van der Waals surface area contributed by atoms with E-state index in [0.29, 0.717) is 0 Å². The van der Waals surface area contributed by atoms with E-state index in [1.807, 2.05) is 0 Å². The highest BCUT2D eigenvalue weighted by Crippen LogP contribution is 2.45. The summed E-state index contributed by atoms with van der Waals surface area (Å²) in [5.74, 6) is 0. The fourth-order valence-corrected chi connectivity index (χ4v) is 9.77. The molecule has 11 aromatic rings. The van der Waals surface area contributed by atoms with Crippen LogP contribution < -0.4 is 0 Å². The van der Waals surface area contributed by atoms with Gasteiger partial charge in [0, 0.05) is 32.9 Å². The molecule has 288 valence electrons. The maximum absolute atomic E-state index is 4.54. The van der Waals surface area contributed by atoms with Crippen LogP contribution in [0.1, 0.15) is 22.3 Å². The first-order valence-corrected chi connectivity index (χ1v) is 20.9. The second-order valence-electron chi connectivity index (χ2n) is 15.8. The topological polar surface area (TPSA) is 9.86 Å². The maximum Gasteiger partial charge on any atom is 0.0547 e. The fourth-order valence-electron chi connectivity index (χ4n) is 9.77. The molecule has 0 aliphatic heterocycles. The van der Waals surface area contributed by atoms with E-state index < -0.39 is 0 Å². The number of fused-ring (bicyclic) bond motifs is 9. The number of benzene rings is 9. The molecule has 2 heterocycles. The summed E-state index contributed by atoms with van der Waals surface area (Å²) in [6.07, 6.45) is 0.845. The van der Waals surface area contributed by atoms with Crippen molar-refractivity contribution in [3.63, 3.8) is 0 Å². The fraction of sp³-hybridized carbons (Fsp3) is 0.0169. The number of hydrogen-bond donors (Lipinski definition) is 0. The Morgan fingerprint density at radius 3 is 1.56 bits per heavy atom. The third kappa shape index (κ3) is 5.87. The molecule has 1 aliphatic rings. The third-order valence-electron chi connectivity index (χ3n) is 12.5. The van der Waals surface area contributed by atoms with E-state index in [0.717, 1.165) is 17.7 Å². The van der Waals surface area contributed by atoms with E-state index in [-0.39, 0.29) is 0 Å². The molecule has 0 saturated heterocycles. The van der Waals surface area contributed by atoms with Gasteiger partial charge in [0.2, 0.25) is 0 Å². The summed E-state index contributed by atoms with van der Waals surface area (Å²) in [4.78, 5) is 0. The van der Waals surface area contributed by atoms with E-state index in [4.69, 9.17) is 0 Å². The summed E-state index contributed by atoms with van der Waals surface area (Å²) in [7, 11) is 0. The molecule has 2 aromatic heterocycles. The Labute approximate surface area is 356 Å². The van der Waals surface area contributed by atoms with Crippen LogP contribution in [0.2, 0.25) is 0 Å². The average molecular weight is 779 g/mol. The van der Waals surface area contributed by atoms with Gasteiger partial charge in [0.25, 0.3) is 0 Å². The average Bonchev–Trinajstić information content (AvgIpc) is 3.95. The highest BCUT2D eigenvalue weighted by atomic mass is 15.0. The summed E-state index contributed by atoms with van der Waals surface area (Å²) in [5, 5.41) is 5.00. The third-order valence-corrected chi connectivity index (χ3v) is 12.5. The zero-order chi connectivity index (χ0) is 41.0. The summed E-state index contributed by atoms with van der Waals surface area (Å²) < 4.78 is 4.80. The lowest BCUT2D eigenvalue weighted by atomic mass is 9.93. The van der Waals surface area contributed by atoms with Crippen LogP contribution in [-0.2, 0) is 6.42 Å². The van der Waals surface area contributed by atoms with Crippen LogP contribution in [0.5, 0.6) is 0 Å². The lowest BCUT2D eigenvalue weighted by Crippen LogP contribution is -1.95. The normalized spacial score (nSPS) is 11.8. The van der Waals surface area contributed by atoms with Crippen molar-refractivity contribution in [2.75, 3.05) is 0 Å². The predicted molar refractivity (Wildman–Crippen MR) is 260 cm³/mol. The minimum absolute atomic E-state index is 0.845. The van der Waals surface area contributed by atoms with E-state index in [9.17, 15) is 0 Å². The van der Waals surface area contributed by atoms with Gasteiger partial charge in [-0.25, -0.2) is 0 Å². The maximum atomic E-state index is 4.54. The molecule has 0 amide bonds. The monoisotopic (exact) mass is 778 g/mol. The molecule has 2 nitrogen and oxygen atoms in total. The summed E-state index contributed by atoms with van der Waals surface area (Å²) in [6, 6.07) is 75.5. The lowest BCUT2D eigenvalue weighted by Gasteiger charge is -2.12. The number of rotatable bonds is 6. The van der Waals surface area contributed by atoms with Gasteiger partial charge in [0.05, 0.1) is 22.1 Å². The number of aromatic nitrogens is 2. The molecule has 61 heavy (non-hydrogen) atoms. The highest BCUT2D eigenvalue weighted by molar-refractivity contribution is 6.13. The second-order valence-corrected chi connectivity index (χ2v) is 15.8. The first kappa shape index (κ1) is 36.2. The van der Waals surface area contributed by atoms with E-state index >= 15 is 0 Å². The van der Waals surface area contributed by atoms with Gasteiger partial charge < -0.3 is 9.13 Å². The van der Waals surface area contributed by atoms with Crippen molar-refractivity contribution in [1.82, 2.24) is 9.13 Å².